The van der Waals surface area contributed by atoms with Crippen LogP contribution in [0.15, 0.2) is 30.3 Å². The summed E-state index contributed by atoms with van der Waals surface area (Å²) in [6, 6.07) is 10.3. The molecule has 0 bridgehead atoms. The van der Waals surface area contributed by atoms with Gasteiger partial charge in [0.1, 0.15) is 5.69 Å². The first-order valence-electron chi connectivity index (χ1n) is 5.57. The van der Waals surface area contributed by atoms with E-state index in [2.05, 4.69) is 29.5 Å². The fraction of sp³-hybridized carbons (Fsp3) is 0.308. The first kappa shape index (κ1) is 10.7. The summed E-state index contributed by atoms with van der Waals surface area (Å²) >= 11 is 0. The summed E-state index contributed by atoms with van der Waals surface area (Å²) in [6.07, 6.45) is 0.979. The molecule has 0 aliphatic heterocycles. The molecule has 1 aromatic carbocycles. The smallest absolute Gasteiger partial charge is 0.116 e. The van der Waals surface area contributed by atoms with E-state index < -0.39 is 0 Å². The average Bonchev–Trinajstić information content (AvgIpc) is 2.66. The van der Waals surface area contributed by atoms with Crippen molar-refractivity contribution in [3.05, 3.63) is 36.0 Å². The van der Waals surface area contributed by atoms with Gasteiger partial charge in [-0.3, -0.25) is 4.68 Å². The third-order valence-corrected chi connectivity index (χ3v) is 2.80. The molecule has 0 saturated heterocycles. The van der Waals surface area contributed by atoms with Crippen LogP contribution in [0.25, 0.3) is 11.3 Å². The van der Waals surface area contributed by atoms with E-state index in [4.69, 9.17) is 0 Å². The SMILES string of the molecule is CCc1c(NC)c(-c2ccccc2)nn1C. The molecule has 0 aliphatic rings. The second kappa shape index (κ2) is 4.39. The van der Waals surface area contributed by atoms with Crippen molar-refractivity contribution in [1.29, 1.82) is 0 Å². The monoisotopic (exact) mass is 215 g/mol. The summed E-state index contributed by atoms with van der Waals surface area (Å²) < 4.78 is 1.95. The minimum absolute atomic E-state index is 0.979. The average molecular weight is 215 g/mol. The van der Waals surface area contributed by atoms with Gasteiger partial charge in [-0.2, -0.15) is 5.10 Å². The van der Waals surface area contributed by atoms with Crippen molar-refractivity contribution in [2.75, 3.05) is 12.4 Å². The maximum atomic E-state index is 4.58. The zero-order valence-corrected chi connectivity index (χ0v) is 9.99. The molecular formula is C13H17N3. The van der Waals surface area contributed by atoms with Crippen LogP contribution < -0.4 is 5.32 Å². The predicted octanol–water partition coefficient (Wildman–Crippen LogP) is 2.69. The highest BCUT2D eigenvalue weighted by Gasteiger charge is 2.14. The molecule has 16 heavy (non-hydrogen) atoms. The summed E-state index contributed by atoms with van der Waals surface area (Å²) in [5.41, 5.74) is 4.56. The van der Waals surface area contributed by atoms with Gasteiger partial charge in [0.05, 0.1) is 11.4 Å². The lowest BCUT2D eigenvalue weighted by atomic mass is 10.1. The molecule has 0 radical (unpaired) electrons. The highest BCUT2D eigenvalue weighted by molar-refractivity contribution is 5.76. The van der Waals surface area contributed by atoms with Crippen LogP contribution in [0.5, 0.6) is 0 Å². The molecule has 2 aromatic rings. The van der Waals surface area contributed by atoms with Crippen molar-refractivity contribution in [3.63, 3.8) is 0 Å². The number of hydrogen-bond donors (Lipinski definition) is 1. The highest BCUT2D eigenvalue weighted by Crippen LogP contribution is 2.29. The number of nitrogens with one attached hydrogen (secondary N) is 1. The number of anilines is 1. The Bertz CT molecular complexity index is 471. The topological polar surface area (TPSA) is 29.9 Å². The van der Waals surface area contributed by atoms with E-state index in [9.17, 15) is 0 Å². The molecule has 0 saturated carbocycles. The number of aromatic nitrogens is 2. The van der Waals surface area contributed by atoms with Gasteiger partial charge in [-0.15, -0.1) is 0 Å². The summed E-state index contributed by atoms with van der Waals surface area (Å²) in [6.45, 7) is 2.15. The molecule has 1 heterocycles. The van der Waals surface area contributed by atoms with Gasteiger partial charge in [0.2, 0.25) is 0 Å². The Labute approximate surface area is 96.1 Å². The van der Waals surface area contributed by atoms with Crippen LogP contribution in [0.3, 0.4) is 0 Å². The minimum Gasteiger partial charge on any atom is -0.385 e. The number of nitrogens with zero attached hydrogens (tertiary/aromatic N) is 2. The molecule has 0 spiro atoms. The standard InChI is InChI=1S/C13H17N3/c1-4-11-13(14-2)12(15-16(11)3)10-8-6-5-7-9-10/h5-9,14H,4H2,1-3H3. The second-order valence-electron chi connectivity index (χ2n) is 3.76. The third kappa shape index (κ3) is 1.69. The number of rotatable bonds is 3. The molecule has 0 amide bonds. The van der Waals surface area contributed by atoms with Crippen LogP contribution in [0.4, 0.5) is 5.69 Å². The van der Waals surface area contributed by atoms with E-state index in [1.54, 1.807) is 0 Å². The van der Waals surface area contributed by atoms with Gasteiger partial charge in [0.15, 0.2) is 0 Å². The van der Waals surface area contributed by atoms with Crippen LogP contribution in [0.2, 0.25) is 0 Å². The van der Waals surface area contributed by atoms with Crippen LogP contribution >= 0.6 is 0 Å². The Morgan fingerprint density at radius 3 is 2.50 bits per heavy atom. The Kier molecular flexibility index (Phi) is 2.95. The maximum absolute atomic E-state index is 4.58. The molecule has 3 nitrogen and oxygen atoms in total. The van der Waals surface area contributed by atoms with E-state index in [-0.39, 0.29) is 0 Å². The zero-order valence-electron chi connectivity index (χ0n) is 9.99. The molecule has 1 aromatic heterocycles. The van der Waals surface area contributed by atoms with E-state index in [1.807, 2.05) is 37.0 Å². The van der Waals surface area contributed by atoms with Crippen molar-refractivity contribution in [3.8, 4) is 11.3 Å². The van der Waals surface area contributed by atoms with E-state index in [0.29, 0.717) is 0 Å². The lowest BCUT2D eigenvalue weighted by Crippen LogP contribution is -1.98. The van der Waals surface area contributed by atoms with Crippen LogP contribution in [-0.2, 0) is 13.5 Å². The van der Waals surface area contributed by atoms with Crippen molar-refractivity contribution >= 4 is 5.69 Å². The highest BCUT2D eigenvalue weighted by atomic mass is 15.3. The summed E-state index contributed by atoms with van der Waals surface area (Å²) in [4.78, 5) is 0. The number of hydrogen-bond acceptors (Lipinski definition) is 2. The predicted molar refractivity (Wildman–Crippen MR) is 67.6 cm³/mol. The van der Waals surface area contributed by atoms with Gasteiger partial charge in [0.25, 0.3) is 0 Å². The van der Waals surface area contributed by atoms with Crippen molar-refractivity contribution in [2.24, 2.45) is 7.05 Å². The van der Waals surface area contributed by atoms with E-state index >= 15 is 0 Å². The normalized spacial score (nSPS) is 10.4. The van der Waals surface area contributed by atoms with Gasteiger partial charge in [-0.1, -0.05) is 37.3 Å². The summed E-state index contributed by atoms with van der Waals surface area (Å²) in [5, 5.41) is 7.83. The molecule has 84 valence electrons. The third-order valence-electron chi connectivity index (χ3n) is 2.80. The number of aryl methyl sites for hydroxylation is 1. The molecule has 0 aliphatic carbocycles. The lowest BCUT2D eigenvalue weighted by Gasteiger charge is -2.03. The largest absolute Gasteiger partial charge is 0.385 e. The molecule has 2 rings (SSSR count). The number of benzene rings is 1. The lowest BCUT2D eigenvalue weighted by molar-refractivity contribution is 0.721. The molecule has 0 unspecified atom stereocenters. The van der Waals surface area contributed by atoms with E-state index in [1.165, 1.54) is 5.69 Å². The first-order valence-corrected chi connectivity index (χ1v) is 5.57. The zero-order chi connectivity index (χ0) is 11.5. The first-order chi connectivity index (χ1) is 7.77. The van der Waals surface area contributed by atoms with E-state index in [0.717, 1.165) is 23.4 Å². The van der Waals surface area contributed by atoms with Crippen molar-refractivity contribution < 1.29 is 0 Å². The molecule has 1 N–H and O–H groups in total. The van der Waals surface area contributed by atoms with Gasteiger partial charge < -0.3 is 5.32 Å². The summed E-state index contributed by atoms with van der Waals surface area (Å²) in [7, 11) is 3.94. The van der Waals surface area contributed by atoms with Crippen molar-refractivity contribution in [2.45, 2.75) is 13.3 Å². The quantitative estimate of drug-likeness (QED) is 0.853. The molecule has 3 heteroatoms. The minimum atomic E-state index is 0.979. The van der Waals surface area contributed by atoms with Crippen LogP contribution in [0.1, 0.15) is 12.6 Å². The Morgan fingerprint density at radius 1 is 1.25 bits per heavy atom. The molecular weight excluding hydrogens is 198 g/mol. The van der Waals surface area contributed by atoms with Crippen LogP contribution in [0, 0.1) is 0 Å². The molecule has 0 atom stereocenters. The fourth-order valence-corrected chi connectivity index (χ4v) is 2.03. The fourth-order valence-electron chi connectivity index (χ4n) is 2.03. The summed E-state index contributed by atoms with van der Waals surface area (Å²) in [5.74, 6) is 0. The maximum Gasteiger partial charge on any atom is 0.116 e. The van der Waals surface area contributed by atoms with Gasteiger partial charge in [-0.25, -0.2) is 0 Å². The van der Waals surface area contributed by atoms with Crippen LogP contribution in [-0.4, -0.2) is 16.8 Å². The Morgan fingerprint density at radius 2 is 1.94 bits per heavy atom. The Balaban J connectivity index is 2.57. The Hall–Kier alpha value is -1.77. The second-order valence-corrected chi connectivity index (χ2v) is 3.76. The van der Waals surface area contributed by atoms with Gasteiger partial charge in [0, 0.05) is 19.7 Å². The van der Waals surface area contributed by atoms with Gasteiger partial charge in [-0.05, 0) is 6.42 Å². The van der Waals surface area contributed by atoms with Crippen molar-refractivity contribution in [1.82, 2.24) is 9.78 Å². The van der Waals surface area contributed by atoms with Gasteiger partial charge >= 0.3 is 0 Å². The molecule has 0 fully saturated rings.